The summed E-state index contributed by atoms with van der Waals surface area (Å²) in [4.78, 5) is 26.6. The van der Waals surface area contributed by atoms with Crippen LogP contribution in [-0.2, 0) is 17.8 Å². The highest BCUT2D eigenvalue weighted by Gasteiger charge is 2.28. The van der Waals surface area contributed by atoms with Crippen molar-refractivity contribution in [2.75, 3.05) is 19.6 Å². The summed E-state index contributed by atoms with van der Waals surface area (Å²) in [5.74, 6) is -0.287. The van der Waals surface area contributed by atoms with Crippen molar-refractivity contribution in [1.29, 1.82) is 0 Å². The van der Waals surface area contributed by atoms with E-state index in [0.717, 1.165) is 37.2 Å². The van der Waals surface area contributed by atoms with Gasteiger partial charge in [0, 0.05) is 45.2 Å². The van der Waals surface area contributed by atoms with Crippen molar-refractivity contribution in [2.45, 2.75) is 59.5 Å². The van der Waals surface area contributed by atoms with E-state index in [9.17, 15) is 19.8 Å². The van der Waals surface area contributed by atoms with Gasteiger partial charge in [-0.15, -0.1) is 0 Å². The van der Waals surface area contributed by atoms with E-state index in [1.54, 1.807) is 6.07 Å². The van der Waals surface area contributed by atoms with E-state index in [1.807, 2.05) is 33.8 Å². The number of amides is 2. The number of carbonyl (C=O) groups is 2. The standard InChI is InChI=1S/C29H36N4O5/c1-6-30-29(37)27-26(28(38-32-27)23-12-22(16(2)3)24(35)13-25(23)36)20-7-8-21-15-33(10-9-19(21)11-20)14-17(4)31-18(5)34/h7-8,11-13,16-17,35-36H,6,9-10,14-15H2,1-5H3,(H,30,37)(H,31,34). The first-order valence-corrected chi connectivity index (χ1v) is 13.0. The highest BCUT2D eigenvalue weighted by atomic mass is 16.5. The quantitative estimate of drug-likeness (QED) is 0.351. The maximum atomic E-state index is 12.9. The fraction of sp³-hybridized carbons (Fsp3) is 0.414. The Morgan fingerprint density at radius 3 is 2.55 bits per heavy atom. The van der Waals surface area contributed by atoms with Gasteiger partial charge in [0.25, 0.3) is 5.91 Å². The Labute approximate surface area is 222 Å². The van der Waals surface area contributed by atoms with Crippen LogP contribution in [0, 0.1) is 0 Å². The summed E-state index contributed by atoms with van der Waals surface area (Å²) in [6, 6.07) is 9.09. The highest BCUT2D eigenvalue weighted by molar-refractivity contribution is 6.02. The van der Waals surface area contributed by atoms with Crippen molar-refractivity contribution in [1.82, 2.24) is 20.7 Å². The molecule has 1 unspecified atom stereocenters. The van der Waals surface area contributed by atoms with Crippen LogP contribution in [0.4, 0.5) is 0 Å². The van der Waals surface area contributed by atoms with Crippen molar-refractivity contribution in [3.05, 3.63) is 52.7 Å². The molecule has 1 aliphatic heterocycles. The predicted molar refractivity (Wildman–Crippen MR) is 145 cm³/mol. The molecule has 4 rings (SSSR count). The minimum absolute atomic E-state index is 0.00239. The van der Waals surface area contributed by atoms with Crippen molar-refractivity contribution in [2.24, 2.45) is 0 Å². The summed E-state index contributed by atoms with van der Waals surface area (Å²) < 4.78 is 5.70. The minimum atomic E-state index is -0.365. The van der Waals surface area contributed by atoms with Crippen LogP contribution < -0.4 is 10.6 Å². The van der Waals surface area contributed by atoms with Gasteiger partial charge in [0.05, 0.1) is 11.1 Å². The second kappa shape index (κ2) is 11.3. The lowest BCUT2D eigenvalue weighted by Gasteiger charge is -2.31. The molecule has 38 heavy (non-hydrogen) atoms. The molecular weight excluding hydrogens is 484 g/mol. The Morgan fingerprint density at radius 2 is 1.87 bits per heavy atom. The third-order valence-electron chi connectivity index (χ3n) is 6.82. The maximum absolute atomic E-state index is 12.9. The van der Waals surface area contributed by atoms with Crippen LogP contribution in [0.2, 0.25) is 0 Å². The highest BCUT2D eigenvalue weighted by Crippen LogP contribution is 2.43. The van der Waals surface area contributed by atoms with Crippen molar-refractivity contribution < 1.29 is 24.3 Å². The van der Waals surface area contributed by atoms with Crippen LogP contribution in [0.5, 0.6) is 11.5 Å². The predicted octanol–water partition coefficient (Wildman–Crippen LogP) is 4.18. The molecule has 9 heteroatoms. The van der Waals surface area contributed by atoms with Gasteiger partial charge in [0.1, 0.15) is 11.5 Å². The number of nitrogens with one attached hydrogen (secondary N) is 2. The van der Waals surface area contributed by atoms with Gasteiger partial charge in [0.2, 0.25) is 5.91 Å². The molecule has 4 N–H and O–H groups in total. The second-order valence-corrected chi connectivity index (χ2v) is 10.2. The molecule has 1 atom stereocenters. The second-order valence-electron chi connectivity index (χ2n) is 10.2. The van der Waals surface area contributed by atoms with E-state index in [-0.39, 0.29) is 46.7 Å². The number of phenolic OH excluding ortho intramolecular Hbond substituents is 2. The van der Waals surface area contributed by atoms with Gasteiger partial charge >= 0.3 is 0 Å². The van der Waals surface area contributed by atoms with Crippen LogP contribution in [0.1, 0.15) is 67.7 Å². The number of aromatic hydroxyl groups is 2. The first-order chi connectivity index (χ1) is 18.1. The zero-order valence-corrected chi connectivity index (χ0v) is 22.6. The third kappa shape index (κ3) is 5.67. The molecule has 1 aliphatic rings. The Hall–Kier alpha value is -3.85. The number of phenols is 2. The molecule has 0 saturated heterocycles. The molecule has 0 aliphatic carbocycles. The largest absolute Gasteiger partial charge is 0.508 e. The van der Waals surface area contributed by atoms with Crippen LogP contribution in [0.3, 0.4) is 0 Å². The Balaban J connectivity index is 1.74. The molecule has 3 aromatic rings. The van der Waals surface area contributed by atoms with Crippen LogP contribution in [-0.4, -0.2) is 57.8 Å². The molecular formula is C29H36N4O5. The average Bonchev–Trinajstić information content (AvgIpc) is 3.28. The topological polar surface area (TPSA) is 128 Å². The summed E-state index contributed by atoms with van der Waals surface area (Å²) in [6.07, 6.45) is 0.815. The van der Waals surface area contributed by atoms with Crippen LogP contribution in [0.25, 0.3) is 22.5 Å². The molecule has 0 spiro atoms. The van der Waals surface area contributed by atoms with Crippen molar-refractivity contribution in [3.63, 3.8) is 0 Å². The summed E-state index contributed by atoms with van der Waals surface area (Å²) >= 11 is 0. The number of aromatic nitrogens is 1. The van der Waals surface area contributed by atoms with Crippen molar-refractivity contribution >= 4 is 11.8 Å². The van der Waals surface area contributed by atoms with Gasteiger partial charge < -0.3 is 25.4 Å². The van der Waals surface area contributed by atoms with E-state index in [4.69, 9.17) is 4.52 Å². The number of carbonyl (C=O) groups excluding carboxylic acids is 2. The van der Waals surface area contributed by atoms with Crippen LogP contribution in [0.15, 0.2) is 34.9 Å². The molecule has 9 nitrogen and oxygen atoms in total. The van der Waals surface area contributed by atoms with Gasteiger partial charge in [-0.05, 0) is 54.5 Å². The van der Waals surface area contributed by atoms with E-state index in [1.165, 1.54) is 18.6 Å². The van der Waals surface area contributed by atoms with E-state index < -0.39 is 0 Å². The Kier molecular flexibility index (Phi) is 8.06. The molecule has 2 amide bonds. The van der Waals surface area contributed by atoms with Gasteiger partial charge in [-0.1, -0.05) is 37.2 Å². The van der Waals surface area contributed by atoms with E-state index >= 15 is 0 Å². The molecule has 2 aromatic carbocycles. The van der Waals surface area contributed by atoms with E-state index in [0.29, 0.717) is 23.2 Å². The maximum Gasteiger partial charge on any atom is 0.274 e. The van der Waals surface area contributed by atoms with Crippen LogP contribution >= 0.6 is 0 Å². The molecule has 2 heterocycles. The number of hydrogen-bond acceptors (Lipinski definition) is 7. The normalized spacial score (nSPS) is 14.3. The lowest BCUT2D eigenvalue weighted by molar-refractivity contribution is -0.119. The van der Waals surface area contributed by atoms with Gasteiger partial charge in [0.15, 0.2) is 11.5 Å². The van der Waals surface area contributed by atoms with Crippen molar-refractivity contribution in [3.8, 4) is 33.9 Å². The van der Waals surface area contributed by atoms with E-state index in [2.05, 4.69) is 32.8 Å². The van der Waals surface area contributed by atoms with Gasteiger partial charge in [-0.2, -0.15) is 0 Å². The SMILES string of the molecule is CCNC(=O)c1noc(-c2cc(C(C)C)c(O)cc2O)c1-c1ccc2c(c1)CCN(CC(C)NC(C)=O)C2. The number of benzene rings is 2. The molecule has 0 bridgehead atoms. The monoisotopic (exact) mass is 520 g/mol. The molecule has 0 saturated carbocycles. The number of hydrogen-bond donors (Lipinski definition) is 4. The number of fused-ring (bicyclic) bond motifs is 1. The molecule has 0 fully saturated rings. The minimum Gasteiger partial charge on any atom is -0.508 e. The smallest absolute Gasteiger partial charge is 0.274 e. The Morgan fingerprint density at radius 1 is 1.11 bits per heavy atom. The Bertz CT molecular complexity index is 1350. The third-order valence-corrected chi connectivity index (χ3v) is 6.82. The summed E-state index contributed by atoms with van der Waals surface area (Å²) in [7, 11) is 0. The lowest BCUT2D eigenvalue weighted by atomic mass is 9.91. The zero-order chi connectivity index (χ0) is 27.6. The fourth-order valence-corrected chi connectivity index (χ4v) is 5.08. The first-order valence-electron chi connectivity index (χ1n) is 13.0. The lowest BCUT2D eigenvalue weighted by Crippen LogP contribution is -2.42. The molecule has 202 valence electrons. The number of rotatable bonds is 8. The summed E-state index contributed by atoms with van der Waals surface area (Å²) in [5.41, 5.74) is 4.76. The van der Waals surface area contributed by atoms with Gasteiger partial charge in [-0.25, -0.2) is 0 Å². The molecule has 1 aromatic heterocycles. The summed E-state index contributed by atoms with van der Waals surface area (Å²) in [5, 5.41) is 30.9. The first kappa shape index (κ1) is 27.2. The fourth-order valence-electron chi connectivity index (χ4n) is 5.08. The van der Waals surface area contributed by atoms with Gasteiger partial charge in [-0.3, -0.25) is 14.5 Å². The number of nitrogens with zero attached hydrogens (tertiary/aromatic N) is 2. The average molecular weight is 521 g/mol. The summed E-state index contributed by atoms with van der Waals surface area (Å²) in [6.45, 7) is 12.0. The zero-order valence-electron chi connectivity index (χ0n) is 22.6. The molecule has 0 radical (unpaired) electrons.